The van der Waals surface area contributed by atoms with Crippen LogP contribution in [0.1, 0.15) is 12.0 Å². The number of hydrogen-bond acceptors (Lipinski definition) is 3. The minimum Gasteiger partial charge on any atom is -0.311 e. The van der Waals surface area contributed by atoms with Gasteiger partial charge in [-0.25, -0.2) is 4.79 Å². The number of amides is 4. The summed E-state index contributed by atoms with van der Waals surface area (Å²) in [5.74, 6) is -0.594. The van der Waals surface area contributed by atoms with E-state index in [0.29, 0.717) is 12.2 Å². The molecule has 0 aromatic heterocycles. The molecule has 27 heavy (non-hydrogen) atoms. The number of aryl methyl sites for hydroxylation is 1. The highest BCUT2D eigenvalue weighted by molar-refractivity contribution is 9.10. The summed E-state index contributed by atoms with van der Waals surface area (Å²) in [6, 6.07) is 14.5. The summed E-state index contributed by atoms with van der Waals surface area (Å²) >= 11 is 3.35. The number of rotatable bonds is 3. The lowest BCUT2D eigenvalue weighted by atomic mass is 10.0. The summed E-state index contributed by atoms with van der Waals surface area (Å²) in [4.78, 5) is 42.1. The maximum Gasteiger partial charge on any atom is 0.332 e. The van der Waals surface area contributed by atoms with Crippen LogP contribution in [-0.4, -0.2) is 42.4 Å². The predicted octanol–water partition coefficient (Wildman–Crippen LogP) is 3.20. The van der Waals surface area contributed by atoms with Crippen molar-refractivity contribution in [1.29, 1.82) is 0 Å². The minimum absolute atomic E-state index is 0.0513. The molecule has 0 saturated carbocycles. The second-order valence-corrected chi connectivity index (χ2v) is 7.52. The monoisotopic (exact) mass is 427 g/mol. The van der Waals surface area contributed by atoms with Crippen molar-refractivity contribution in [1.82, 2.24) is 4.90 Å². The number of hydrogen-bond donors (Lipinski definition) is 0. The molecule has 4 rings (SSSR count). The summed E-state index contributed by atoms with van der Waals surface area (Å²) in [5, 5.41) is 0. The number of nitrogens with zero attached hydrogens (tertiary/aromatic N) is 3. The molecule has 4 amide bonds. The van der Waals surface area contributed by atoms with Gasteiger partial charge in [0.1, 0.15) is 13.1 Å². The fraction of sp³-hybridized carbons (Fsp3) is 0.250. The normalized spacial score (nSPS) is 16.7. The van der Waals surface area contributed by atoms with Crippen LogP contribution in [0.5, 0.6) is 0 Å². The Kier molecular flexibility index (Phi) is 4.70. The maximum absolute atomic E-state index is 12.9. The number of fused-ring (bicyclic) bond motifs is 1. The molecule has 2 aliphatic heterocycles. The summed E-state index contributed by atoms with van der Waals surface area (Å²) in [6.07, 6.45) is 1.80. The molecule has 0 bridgehead atoms. The van der Waals surface area contributed by atoms with Crippen LogP contribution in [0.25, 0.3) is 0 Å². The molecule has 7 heteroatoms. The van der Waals surface area contributed by atoms with Crippen LogP contribution in [0.2, 0.25) is 0 Å². The van der Waals surface area contributed by atoms with Gasteiger partial charge in [0.05, 0.1) is 0 Å². The standard InChI is InChI=1S/C20H18BrN3O3/c21-15-7-9-16(10-8-15)23-12-19(26)24(20(23)27)13-18(25)22-11-3-5-14-4-1-2-6-17(14)22/h1-2,4,6-10H,3,5,11-13H2. The number of carbonyl (C=O) groups is 3. The van der Waals surface area contributed by atoms with E-state index in [0.717, 1.165) is 33.5 Å². The van der Waals surface area contributed by atoms with Crippen molar-refractivity contribution >= 4 is 45.2 Å². The lowest BCUT2D eigenvalue weighted by Crippen LogP contribution is -2.45. The average molecular weight is 428 g/mol. The van der Waals surface area contributed by atoms with Crippen LogP contribution in [0.3, 0.4) is 0 Å². The summed E-state index contributed by atoms with van der Waals surface area (Å²) in [6.45, 7) is 0.311. The molecular weight excluding hydrogens is 410 g/mol. The third kappa shape index (κ3) is 3.35. The fourth-order valence-corrected chi connectivity index (χ4v) is 3.80. The fourth-order valence-electron chi connectivity index (χ4n) is 3.53. The third-order valence-electron chi connectivity index (χ3n) is 4.90. The molecule has 0 atom stereocenters. The van der Waals surface area contributed by atoms with Gasteiger partial charge in [-0.2, -0.15) is 0 Å². The van der Waals surface area contributed by atoms with Gasteiger partial charge in [-0.15, -0.1) is 0 Å². The Bertz CT molecular complexity index is 913. The molecule has 0 radical (unpaired) electrons. The van der Waals surface area contributed by atoms with Crippen LogP contribution in [0, 0.1) is 0 Å². The zero-order valence-electron chi connectivity index (χ0n) is 14.6. The molecule has 2 aromatic carbocycles. The third-order valence-corrected chi connectivity index (χ3v) is 5.43. The van der Waals surface area contributed by atoms with Gasteiger partial charge < -0.3 is 4.90 Å². The van der Waals surface area contributed by atoms with Gasteiger partial charge in [0, 0.05) is 22.4 Å². The SMILES string of the molecule is O=C1CN(c2ccc(Br)cc2)C(=O)N1CC(=O)N1CCCc2ccccc21. The smallest absolute Gasteiger partial charge is 0.311 e. The zero-order valence-corrected chi connectivity index (χ0v) is 16.2. The van der Waals surface area contributed by atoms with Crippen molar-refractivity contribution in [2.24, 2.45) is 0 Å². The molecule has 0 N–H and O–H groups in total. The van der Waals surface area contributed by atoms with Crippen molar-refractivity contribution in [3.8, 4) is 0 Å². The van der Waals surface area contributed by atoms with E-state index in [1.165, 1.54) is 4.90 Å². The Morgan fingerprint density at radius 1 is 1.04 bits per heavy atom. The number of carbonyl (C=O) groups excluding carboxylic acids is 3. The lowest BCUT2D eigenvalue weighted by Gasteiger charge is -2.30. The van der Waals surface area contributed by atoms with E-state index in [2.05, 4.69) is 15.9 Å². The van der Waals surface area contributed by atoms with Crippen LogP contribution in [0.4, 0.5) is 16.2 Å². The number of urea groups is 1. The van der Waals surface area contributed by atoms with Gasteiger partial charge in [-0.05, 0) is 48.7 Å². The van der Waals surface area contributed by atoms with E-state index in [4.69, 9.17) is 0 Å². The van der Waals surface area contributed by atoms with Gasteiger partial charge in [0.25, 0.3) is 5.91 Å². The van der Waals surface area contributed by atoms with E-state index in [-0.39, 0.29) is 24.9 Å². The van der Waals surface area contributed by atoms with Crippen molar-refractivity contribution < 1.29 is 14.4 Å². The zero-order chi connectivity index (χ0) is 19.0. The highest BCUT2D eigenvalue weighted by atomic mass is 79.9. The largest absolute Gasteiger partial charge is 0.332 e. The van der Waals surface area contributed by atoms with Crippen LogP contribution >= 0.6 is 15.9 Å². The van der Waals surface area contributed by atoms with Crippen LogP contribution in [0.15, 0.2) is 53.0 Å². The highest BCUT2D eigenvalue weighted by Crippen LogP contribution is 2.28. The van der Waals surface area contributed by atoms with Crippen molar-refractivity contribution in [2.75, 3.05) is 29.4 Å². The molecule has 6 nitrogen and oxygen atoms in total. The summed E-state index contributed by atoms with van der Waals surface area (Å²) in [5.41, 5.74) is 2.63. The molecule has 2 aromatic rings. The van der Waals surface area contributed by atoms with Crippen molar-refractivity contribution in [2.45, 2.75) is 12.8 Å². The van der Waals surface area contributed by atoms with Crippen LogP contribution in [-0.2, 0) is 16.0 Å². The van der Waals surface area contributed by atoms with E-state index in [1.807, 2.05) is 36.4 Å². The van der Waals surface area contributed by atoms with Crippen LogP contribution < -0.4 is 9.80 Å². The van der Waals surface area contributed by atoms with E-state index < -0.39 is 6.03 Å². The minimum atomic E-state index is -0.457. The molecule has 0 spiro atoms. The molecule has 0 aliphatic carbocycles. The number of anilines is 2. The average Bonchev–Trinajstić information content (AvgIpc) is 2.96. The van der Waals surface area contributed by atoms with Gasteiger partial charge in [-0.3, -0.25) is 19.4 Å². The van der Waals surface area contributed by atoms with Gasteiger partial charge >= 0.3 is 6.03 Å². The first kappa shape index (κ1) is 17.7. The number of halogens is 1. The Balaban J connectivity index is 1.51. The highest BCUT2D eigenvalue weighted by Gasteiger charge is 2.39. The predicted molar refractivity (Wildman–Crippen MR) is 106 cm³/mol. The molecule has 2 aliphatic rings. The Hall–Kier alpha value is -2.67. The first-order chi connectivity index (χ1) is 13.0. The number of benzene rings is 2. The molecule has 2 heterocycles. The molecule has 0 unspecified atom stereocenters. The van der Waals surface area contributed by atoms with Crippen molar-refractivity contribution in [3.63, 3.8) is 0 Å². The van der Waals surface area contributed by atoms with Gasteiger partial charge in [-0.1, -0.05) is 34.1 Å². The molecule has 138 valence electrons. The Labute approximate surface area is 165 Å². The summed E-state index contributed by atoms with van der Waals surface area (Å²) in [7, 11) is 0. The van der Waals surface area contributed by atoms with E-state index in [9.17, 15) is 14.4 Å². The topological polar surface area (TPSA) is 60.9 Å². The second-order valence-electron chi connectivity index (χ2n) is 6.60. The summed E-state index contributed by atoms with van der Waals surface area (Å²) < 4.78 is 0.889. The lowest BCUT2D eigenvalue weighted by molar-refractivity contribution is -0.129. The van der Waals surface area contributed by atoms with E-state index in [1.54, 1.807) is 17.0 Å². The molecule has 1 saturated heterocycles. The first-order valence-corrected chi connectivity index (χ1v) is 9.59. The Morgan fingerprint density at radius 3 is 2.56 bits per heavy atom. The molecule has 1 fully saturated rings. The quantitative estimate of drug-likeness (QED) is 0.706. The number of imide groups is 1. The second kappa shape index (κ2) is 7.15. The van der Waals surface area contributed by atoms with Gasteiger partial charge in [0.15, 0.2) is 0 Å². The van der Waals surface area contributed by atoms with Crippen molar-refractivity contribution in [3.05, 3.63) is 58.6 Å². The maximum atomic E-state index is 12.9. The van der Waals surface area contributed by atoms with Gasteiger partial charge in [0.2, 0.25) is 5.91 Å². The van der Waals surface area contributed by atoms with E-state index >= 15 is 0 Å². The first-order valence-electron chi connectivity index (χ1n) is 8.80. The number of para-hydroxylation sites is 1. The molecular formula is C20H18BrN3O3. The Morgan fingerprint density at radius 2 is 1.78 bits per heavy atom.